The molecule has 0 aliphatic rings. The molecule has 1 aromatic heterocycles. The van der Waals surface area contributed by atoms with Crippen LogP contribution in [0, 0.1) is 0 Å². The van der Waals surface area contributed by atoms with Crippen LogP contribution in [-0.2, 0) is 0 Å². The fraction of sp³-hybridized carbons (Fsp3) is 0.0870. The minimum absolute atomic E-state index is 0.0877. The normalized spacial score (nSPS) is 10.7. The van der Waals surface area contributed by atoms with E-state index < -0.39 is 5.91 Å². The minimum Gasteiger partial charge on any atom is -0.507 e. The monoisotopic (exact) mass is 401 g/mol. The molecule has 3 aromatic carbocycles. The number of phenolic OH excluding ortho intramolecular Hbond substituents is 1. The van der Waals surface area contributed by atoms with Gasteiger partial charge in [-0.25, -0.2) is 0 Å². The Morgan fingerprint density at radius 1 is 0.867 bits per heavy atom. The molecule has 4 rings (SSSR count). The number of carbonyl (C=O) groups excluding carboxylic acids is 2. The number of rotatable bonds is 6. The van der Waals surface area contributed by atoms with Crippen LogP contribution >= 0.6 is 0 Å². The summed E-state index contributed by atoms with van der Waals surface area (Å²) in [7, 11) is 0. The van der Waals surface area contributed by atoms with E-state index in [0.29, 0.717) is 16.8 Å². The van der Waals surface area contributed by atoms with E-state index in [-0.39, 0.29) is 30.3 Å². The lowest BCUT2D eigenvalue weighted by Crippen LogP contribution is -2.34. The lowest BCUT2D eigenvalue weighted by atomic mass is 10.1. The first-order valence-corrected chi connectivity index (χ1v) is 9.43. The molecule has 4 aromatic rings. The van der Waals surface area contributed by atoms with E-state index in [0.717, 1.165) is 10.9 Å². The van der Waals surface area contributed by atoms with Crippen molar-refractivity contribution < 1.29 is 19.2 Å². The largest absolute Gasteiger partial charge is 0.507 e. The van der Waals surface area contributed by atoms with Crippen molar-refractivity contribution in [2.45, 2.75) is 0 Å². The third kappa shape index (κ3) is 4.00. The van der Waals surface area contributed by atoms with Crippen LogP contribution in [0.15, 0.2) is 77.3 Å². The van der Waals surface area contributed by atoms with Gasteiger partial charge < -0.3 is 20.3 Å². The fourth-order valence-corrected chi connectivity index (χ4v) is 3.10. The summed E-state index contributed by atoms with van der Waals surface area (Å²) in [6.45, 7) is 0.467. The van der Waals surface area contributed by atoms with Crippen molar-refractivity contribution in [1.29, 1.82) is 0 Å². The molecule has 150 valence electrons. The van der Waals surface area contributed by atoms with Gasteiger partial charge in [0.2, 0.25) is 0 Å². The summed E-state index contributed by atoms with van der Waals surface area (Å²) in [6, 6.07) is 21.0. The van der Waals surface area contributed by atoms with E-state index in [1.165, 1.54) is 12.1 Å². The molecule has 0 aliphatic carbocycles. The maximum Gasteiger partial charge on any atom is 0.255 e. The van der Waals surface area contributed by atoms with Crippen molar-refractivity contribution in [3.05, 3.63) is 83.9 Å². The van der Waals surface area contributed by atoms with Crippen LogP contribution < -0.4 is 10.6 Å². The van der Waals surface area contributed by atoms with Crippen LogP contribution in [0.2, 0.25) is 0 Å². The van der Waals surface area contributed by atoms with Crippen LogP contribution in [0.4, 0.5) is 0 Å². The van der Waals surface area contributed by atoms with Gasteiger partial charge in [-0.1, -0.05) is 47.6 Å². The van der Waals surface area contributed by atoms with Gasteiger partial charge in [0.25, 0.3) is 11.8 Å². The van der Waals surface area contributed by atoms with Crippen molar-refractivity contribution in [1.82, 2.24) is 15.8 Å². The molecule has 30 heavy (non-hydrogen) atoms. The predicted molar refractivity (Wildman–Crippen MR) is 112 cm³/mol. The maximum absolute atomic E-state index is 12.5. The van der Waals surface area contributed by atoms with Gasteiger partial charge in [0.15, 0.2) is 5.76 Å². The molecule has 3 N–H and O–H groups in total. The molecule has 0 radical (unpaired) electrons. The van der Waals surface area contributed by atoms with E-state index in [9.17, 15) is 14.7 Å². The number of phenols is 1. The average molecular weight is 401 g/mol. The summed E-state index contributed by atoms with van der Waals surface area (Å²) >= 11 is 0. The molecule has 0 atom stereocenters. The second-order valence-electron chi connectivity index (χ2n) is 6.64. The van der Waals surface area contributed by atoms with Gasteiger partial charge >= 0.3 is 0 Å². The molecule has 7 heteroatoms. The van der Waals surface area contributed by atoms with Crippen LogP contribution in [0.3, 0.4) is 0 Å². The molecule has 2 amide bonds. The Morgan fingerprint density at radius 3 is 2.33 bits per heavy atom. The quantitative estimate of drug-likeness (QED) is 0.430. The Bertz CT molecular complexity index is 1200. The average Bonchev–Trinajstić information content (AvgIpc) is 3.20. The maximum atomic E-state index is 12.5. The van der Waals surface area contributed by atoms with Crippen LogP contribution in [-0.4, -0.2) is 35.2 Å². The highest BCUT2D eigenvalue weighted by atomic mass is 16.5. The number of nitrogens with one attached hydrogen (secondary N) is 2. The minimum atomic E-state index is -0.402. The van der Waals surface area contributed by atoms with Gasteiger partial charge in [-0.15, -0.1) is 0 Å². The standard InChI is InChI=1S/C23H19N3O4/c27-20-9-5-4-8-17(20)23(29)25-13-12-24-22(28)16-10-11-19-18(14-16)21(30-26-19)15-6-2-1-3-7-15/h1-11,14,27H,12-13H2,(H,24,28)(H,25,29). The lowest BCUT2D eigenvalue weighted by molar-refractivity contribution is 0.0926. The van der Waals surface area contributed by atoms with Gasteiger partial charge in [-0.3, -0.25) is 9.59 Å². The summed E-state index contributed by atoms with van der Waals surface area (Å²) in [5.41, 5.74) is 2.20. The van der Waals surface area contributed by atoms with E-state index >= 15 is 0 Å². The summed E-state index contributed by atoms with van der Waals surface area (Å²) in [4.78, 5) is 24.6. The number of aromatic hydroxyl groups is 1. The zero-order valence-corrected chi connectivity index (χ0v) is 16.0. The van der Waals surface area contributed by atoms with E-state index in [2.05, 4.69) is 15.8 Å². The van der Waals surface area contributed by atoms with Crippen molar-refractivity contribution in [3.8, 4) is 17.1 Å². The lowest BCUT2D eigenvalue weighted by Gasteiger charge is -2.08. The third-order valence-corrected chi connectivity index (χ3v) is 4.62. The van der Waals surface area contributed by atoms with Crippen molar-refractivity contribution in [3.63, 3.8) is 0 Å². The number of hydrogen-bond acceptors (Lipinski definition) is 5. The third-order valence-electron chi connectivity index (χ3n) is 4.62. The summed E-state index contributed by atoms with van der Waals surface area (Å²) in [6.07, 6.45) is 0. The van der Waals surface area contributed by atoms with Crippen LogP contribution in [0.1, 0.15) is 20.7 Å². The molecule has 0 unspecified atom stereocenters. The number of hydrogen-bond donors (Lipinski definition) is 3. The number of para-hydroxylation sites is 1. The molecule has 0 aliphatic heterocycles. The first-order valence-electron chi connectivity index (χ1n) is 9.43. The topological polar surface area (TPSA) is 104 Å². The molecule has 0 spiro atoms. The van der Waals surface area contributed by atoms with Gasteiger partial charge in [0.1, 0.15) is 11.3 Å². The highest BCUT2D eigenvalue weighted by molar-refractivity contribution is 6.01. The number of aromatic nitrogens is 1. The Hall–Kier alpha value is -4.13. The number of benzene rings is 3. The Morgan fingerprint density at radius 2 is 1.57 bits per heavy atom. The molecule has 7 nitrogen and oxygen atoms in total. The van der Waals surface area contributed by atoms with Gasteiger partial charge in [0, 0.05) is 24.2 Å². The molecule has 0 saturated carbocycles. The van der Waals surface area contributed by atoms with Gasteiger partial charge in [0.05, 0.1) is 10.9 Å². The SMILES string of the molecule is O=C(NCCNC(=O)c1ccccc1O)c1ccc2noc(-c3ccccc3)c2c1. The van der Waals surface area contributed by atoms with E-state index in [1.54, 1.807) is 30.3 Å². The number of amides is 2. The summed E-state index contributed by atoms with van der Waals surface area (Å²) in [5, 5.41) is 19.9. The zero-order chi connectivity index (χ0) is 20.9. The van der Waals surface area contributed by atoms with E-state index in [1.807, 2.05) is 30.3 Å². The Labute approximate surface area is 172 Å². The Balaban J connectivity index is 1.39. The second kappa shape index (κ2) is 8.48. The summed E-state index contributed by atoms with van der Waals surface area (Å²) in [5.74, 6) is -0.153. The van der Waals surface area contributed by atoms with Gasteiger partial charge in [-0.05, 0) is 30.3 Å². The molecule has 0 fully saturated rings. The van der Waals surface area contributed by atoms with E-state index in [4.69, 9.17) is 4.52 Å². The van der Waals surface area contributed by atoms with Crippen molar-refractivity contribution in [2.24, 2.45) is 0 Å². The first-order chi connectivity index (χ1) is 14.6. The van der Waals surface area contributed by atoms with Crippen LogP contribution in [0.5, 0.6) is 5.75 Å². The summed E-state index contributed by atoms with van der Waals surface area (Å²) < 4.78 is 5.46. The number of carbonyl (C=O) groups is 2. The Kier molecular flexibility index (Phi) is 5.43. The molecule has 1 heterocycles. The molecular weight excluding hydrogens is 382 g/mol. The fourth-order valence-electron chi connectivity index (χ4n) is 3.10. The molecule has 0 saturated heterocycles. The number of nitrogens with zero attached hydrogens (tertiary/aromatic N) is 1. The van der Waals surface area contributed by atoms with Gasteiger partial charge in [-0.2, -0.15) is 0 Å². The first kappa shape index (κ1) is 19.2. The van der Waals surface area contributed by atoms with Crippen LogP contribution in [0.25, 0.3) is 22.2 Å². The van der Waals surface area contributed by atoms with Crippen molar-refractivity contribution in [2.75, 3.05) is 13.1 Å². The van der Waals surface area contributed by atoms with Crippen molar-refractivity contribution >= 4 is 22.7 Å². The second-order valence-corrected chi connectivity index (χ2v) is 6.64. The molecular formula is C23H19N3O4. The highest BCUT2D eigenvalue weighted by Crippen LogP contribution is 2.29. The number of fused-ring (bicyclic) bond motifs is 1. The molecule has 0 bridgehead atoms. The predicted octanol–water partition coefficient (Wildman–Crippen LogP) is 3.36. The zero-order valence-electron chi connectivity index (χ0n) is 16.0. The highest BCUT2D eigenvalue weighted by Gasteiger charge is 2.14. The smallest absolute Gasteiger partial charge is 0.255 e.